The number of aliphatic hydroxyl groups is 1. The Balaban J connectivity index is 1.63. The Morgan fingerprint density at radius 2 is 1.85 bits per heavy atom. The number of aliphatic hydroxyl groups excluding tert-OH is 1. The molecule has 1 fully saturated rings. The van der Waals surface area contributed by atoms with Gasteiger partial charge in [0.05, 0.1) is 17.4 Å². The van der Waals surface area contributed by atoms with Crippen LogP contribution in [0.3, 0.4) is 0 Å². The van der Waals surface area contributed by atoms with E-state index in [4.69, 9.17) is 0 Å². The molecule has 0 spiro atoms. The van der Waals surface area contributed by atoms with Gasteiger partial charge in [0.25, 0.3) is 0 Å². The van der Waals surface area contributed by atoms with Crippen LogP contribution in [0.2, 0.25) is 0 Å². The topological polar surface area (TPSA) is 78.4 Å². The summed E-state index contributed by atoms with van der Waals surface area (Å²) in [5, 5.41) is 16.0. The van der Waals surface area contributed by atoms with Crippen molar-refractivity contribution in [1.29, 1.82) is 0 Å². The standard InChI is InChI=1S/C21H20N2O3/c1-12-9-10-18(24)17(22-12)11-19(25)23-16-8-4-7-14-13-5-2-3-6-15(13)21(26)20(14)16/h2-8,11-12,18,22,24H,9-10H2,1H3,(H,23,25)/b17-11+/t12-,18?/m0/s1. The first kappa shape index (κ1) is 16.5. The van der Waals surface area contributed by atoms with Crippen LogP contribution in [0, 0.1) is 0 Å². The number of anilines is 1. The lowest BCUT2D eigenvalue weighted by molar-refractivity contribution is -0.112. The summed E-state index contributed by atoms with van der Waals surface area (Å²) < 4.78 is 0. The van der Waals surface area contributed by atoms with E-state index in [2.05, 4.69) is 10.6 Å². The van der Waals surface area contributed by atoms with Crippen molar-refractivity contribution in [2.24, 2.45) is 0 Å². The third-order valence-corrected chi connectivity index (χ3v) is 4.94. The van der Waals surface area contributed by atoms with Crippen LogP contribution in [-0.2, 0) is 4.79 Å². The Labute approximate surface area is 151 Å². The van der Waals surface area contributed by atoms with Gasteiger partial charge in [-0.2, -0.15) is 0 Å². The Morgan fingerprint density at radius 3 is 2.65 bits per heavy atom. The van der Waals surface area contributed by atoms with Crippen molar-refractivity contribution in [3.8, 4) is 11.1 Å². The van der Waals surface area contributed by atoms with Gasteiger partial charge in [-0.15, -0.1) is 0 Å². The molecular weight excluding hydrogens is 328 g/mol. The van der Waals surface area contributed by atoms with E-state index in [9.17, 15) is 14.7 Å². The van der Waals surface area contributed by atoms with Gasteiger partial charge >= 0.3 is 0 Å². The molecule has 1 aliphatic carbocycles. The summed E-state index contributed by atoms with van der Waals surface area (Å²) in [6.45, 7) is 2.01. The molecule has 2 aromatic carbocycles. The van der Waals surface area contributed by atoms with Crippen LogP contribution >= 0.6 is 0 Å². The summed E-state index contributed by atoms with van der Waals surface area (Å²) in [6.07, 6.45) is 2.21. The van der Waals surface area contributed by atoms with Crippen molar-refractivity contribution < 1.29 is 14.7 Å². The highest BCUT2D eigenvalue weighted by molar-refractivity contribution is 6.25. The molecule has 0 bridgehead atoms. The van der Waals surface area contributed by atoms with E-state index in [0.29, 0.717) is 28.9 Å². The van der Waals surface area contributed by atoms with Gasteiger partial charge in [-0.25, -0.2) is 0 Å². The Hall–Kier alpha value is -2.92. The average Bonchev–Trinajstić information content (AvgIpc) is 2.92. The molecule has 5 heteroatoms. The fraction of sp³-hybridized carbons (Fsp3) is 0.238. The van der Waals surface area contributed by atoms with Crippen LogP contribution in [0.1, 0.15) is 35.7 Å². The number of fused-ring (bicyclic) bond motifs is 3. The summed E-state index contributed by atoms with van der Waals surface area (Å²) >= 11 is 0. The number of nitrogens with one attached hydrogen (secondary N) is 2. The highest BCUT2D eigenvalue weighted by Crippen LogP contribution is 2.39. The Bertz CT molecular complexity index is 933. The SMILES string of the molecule is C[C@H]1CCC(O)/C(=C\C(=O)Nc2cccc3c2C(=O)c2ccccc2-3)N1. The third-order valence-electron chi connectivity index (χ3n) is 4.94. The zero-order valence-corrected chi connectivity index (χ0v) is 14.5. The molecule has 132 valence electrons. The number of carbonyl (C=O) groups is 2. The van der Waals surface area contributed by atoms with E-state index < -0.39 is 6.10 Å². The molecule has 0 radical (unpaired) electrons. The summed E-state index contributed by atoms with van der Waals surface area (Å²) in [6, 6.07) is 13.1. The minimum Gasteiger partial charge on any atom is -0.387 e. The quantitative estimate of drug-likeness (QED) is 0.622. The van der Waals surface area contributed by atoms with Crippen LogP contribution in [0.25, 0.3) is 11.1 Å². The molecule has 2 atom stereocenters. The lowest BCUT2D eigenvalue weighted by Crippen LogP contribution is -2.38. The number of piperidine rings is 1. The minimum absolute atomic E-state index is 0.0800. The molecule has 0 aromatic heterocycles. The molecule has 1 aliphatic heterocycles. The molecule has 4 rings (SSSR count). The molecular formula is C21H20N2O3. The lowest BCUT2D eigenvalue weighted by Gasteiger charge is -2.28. The number of benzene rings is 2. The normalized spacial score (nSPS) is 22.5. The zero-order chi connectivity index (χ0) is 18.3. The maximum absolute atomic E-state index is 12.8. The first-order valence-corrected chi connectivity index (χ1v) is 8.79. The van der Waals surface area contributed by atoms with Crippen LogP contribution in [0.5, 0.6) is 0 Å². The van der Waals surface area contributed by atoms with E-state index >= 15 is 0 Å². The number of hydrogen-bond donors (Lipinski definition) is 3. The molecule has 0 saturated carbocycles. The second-order valence-electron chi connectivity index (χ2n) is 6.83. The minimum atomic E-state index is -0.663. The summed E-state index contributed by atoms with van der Waals surface area (Å²) in [7, 11) is 0. The second kappa shape index (κ2) is 6.42. The van der Waals surface area contributed by atoms with Crippen LogP contribution in [-0.4, -0.2) is 28.9 Å². The van der Waals surface area contributed by atoms with Crippen molar-refractivity contribution in [3.05, 3.63) is 65.4 Å². The molecule has 5 nitrogen and oxygen atoms in total. The van der Waals surface area contributed by atoms with E-state index in [0.717, 1.165) is 17.5 Å². The maximum atomic E-state index is 12.8. The number of amides is 1. The Kier molecular flexibility index (Phi) is 4.09. The van der Waals surface area contributed by atoms with Crippen molar-refractivity contribution in [1.82, 2.24) is 5.32 Å². The van der Waals surface area contributed by atoms with Gasteiger partial charge in [-0.05, 0) is 37.0 Å². The van der Waals surface area contributed by atoms with Crippen molar-refractivity contribution in [3.63, 3.8) is 0 Å². The summed E-state index contributed by atoms with van der Waals surface area (Å²) in [5.41, 5.74) is 3.90. The molecule has 1 unspecified atom stereocenters. The number of ketones is 1. The van der Waals surface area contributed by atoms with E-state index in [-0.39, 0.29) is 17.7 Å². The van der Waals surface area contributed by atoms with Crippen molar-refractivity contribution in [2.75, 3.05) is 5.32 Å². The number of hydrogen-bond acceptors (Lipinski definition) is 4. The molecule has 26 heavy (non-hydrogen) atoms. The van der Waals surface area contributed by atoms with E-state index in [1.54, 1.807) is 12.1 Å². The van der Waals surface area contributed by atoms with E-state index in [1.807, 2.05) is 37.3 Å². The van der Waals surface area contributed by atoms with Crippen LogP contribution in [0.4, 0.5) is 5.69 Å². The number of carbonyl (C=O) groups excluding carboxylic acids is 2. The largest absolute Gasteiger partial charge is 0.387 e. The highest BCUT2D eigenvalue weighted by Gasteiger charge is 2.29. The maximum Gasteiger partial charge on any atom is 0.250 e. The second-order valence-corrected chi connectivity index (χ2v) is 6.83. The smallest absolute Gasteiger partial charge is 0.250 e. The first-order valence-electron chi connectivity index (χ1n) is 8.79. The Morgan fingerprint density at radius 1 is 1.12 bits per heavy atom. The highest BCUT2D eigenvalue weighted by atomic mass is 16.3. The first-order chi connectivity index (χ1) is 12.5. The van der Waals surface area contributed by atoms with E-state index in [1.165, 1.54) is 6.08 Å². The van der Waals surface area contributed by atoms with Gasteiger partial charge in [0.1, 0.15) is 0 Å². The molecule has 1 saturated heterocycles. The van der Waals surface area contributed by atoms with Gasteiger partial charge < -0.3 is 15.7 Å². The molecule has 2 aromatic rings. The average molecular weight is 348 g/mol. The van der Waals surface area contributed by atoms with Gasteiger partial charge in [0.15, 0.2) is 5.78 Å². The molecule has 3 N–H and O–H groups in total. The zero-order valence-electron chi connectivity index (χ0n) is 14.5. The van der Waals surface area contributed by atoms with Crippen LogP contribution in [0.15, 0.2) is 54.2 Å². The predicted molar refractivity (Wildman–Crippen MR) is 99.9 cm³/mol. The predicted octanol–water partition coefficient (Wildman–Crippen LogP) is 2.85. The fourth-order valence-corrected chi connectivity index (χ4v) is 3.64. The van der Waals surface area contributed by atoms with Crippen molar-refractivity contribution >= 4 is 17.4 Å². The monoisotopic (exact) mass is 348 g/mol. The fourth-order valence-electron chi connectivity index (χ4n) is 3.64. The molecule has 1 amide bonds. The molecule has 2 aliphatic rings. The van der Waals surface area contributed by atoms with Crippen LogP contribution < -0.4 is 10.6 Å². The van der Waals surface area contributed by atoms with Gasteiger partial charge in [-0.3, -0.25) is 9.59 Å². The van der Waals surface area contributed by atoms with Gasteiger partial charge in [-0.1, -0.05) is 36.4 Å². The van der Waals surface area contributed by atoms with Gasteiger partial charge in [0.2, 0.25) is 5.91 Å². The summed E-state index contributed by atoms with van der Waals surface area (Å²) in [5.74, 6) is -0.443. The molecule has 1 heterocycles. The number of rotatable bonds is 2. The van der Waals surface area contributed by atoms with Gasteiger partial charge in [0, 0.05) is 23.4 Å². The third kappa shape index (κ3) is 2.80. The summed E-state index contributed by atoms with van der Waals surface area (Å²) in [4.78, 5) is 25.2. The van der Waals surface area contributed by atoms with Crippen molar-refractivity contribution in [2.45, 2.75) is 31.9 Å². The lowest BCUT2D eigenvalue weighted by atomic mass is 10.0.